The maximum atomic E-state index is 11.7. The van der Waals surface area contributed by atoms with Gasteiger partial charge in [-0.05, 0) is 33.8 Å². The Balaban J connectivity index is 3.46. The third kappa shape index (κ3) is 4.74. The lowest BCUT2D eigenvalue weighted by atomic mass is 9.48. The summed E-state index contributed by atoms with van der Waals surface area (Å²) in [5, 5.41) is 20.2. The van der Waals surface area contributed by atoms with Gasteiger partial charge in [-0.3, -0.25) is 9.59 Å². The summed E-state index contributed by atoms with van der Waals surface area (Å²) in [5.41, 5.74) is 0.380. The zero-order valence-corrected chi connectivity index (χ0v) is 18.3. The fraction of sp³-hybridized carbons (Fsp3) is 0.727. The monoisotopic (exact) mass is 380 g/mol. The van der Waals surface area contributed by atoms with E-state index in [0.29, 0.717) is 12.2 Å². The van der Waals surface area contributed by atoms with Crippen molar-refractivity contribution in [2.24, 2.45) is 21.7 Å². The molecule has 27 heavy (non-hydrogen) atoms. The number of aliphatic carboxylic acids is 1. The Bertz CT molecular complexity index is 646. The topological polar surface area (TPSA) is 83.8 Å². The third-order valence-electron chi connectivity index (χ3n) is 5.58. The van der Waals surface area contributed by atoms with Crippen LogP contribution < -0.4 is 0 Å². The van der Waals surface area contributed by atoms with Gasteiger partial charge in [0.05, 0.1) is 0 Å². The van der Waals surface area contributed by atoms with E-state index in [4.69, 9.17) is 9.84 Å². The molecule has 0 heterocycles. The number of carbonyl (C=O) groups is 2. The maximum Gasteiger partial charge on any atom is 0.317 e. The van der Waals surface area contributed by atoms with Crippen LogP contribution in [-0.4, -0.2) is 28.8 Å². The van der Waals surface area contributed by atoms with E-state index < -0.39 is 23.8 Å². The molecule has 0 radical (unpaired) electrons. The van der Waals surface area contributed by atoms with Crippen LogP contribution in [0.15, 0.2) is 23.0 Å². The highest BCUT2D eigenvalue weighted by Gasteiger charge is 2.56. The maximum absolute atomic E-state index is 11.7. The fourth-order valence-electron chi connectivity index (χ4n) is 4.36. The number of carboxylic acid groups (broad SMARTS) is 1. The van der Waals surface area contributed by atoms with E-state index in [1.165, 1.54) is 0 Å². The summed E-state index contributed by atoms with van der Waals surface area (Å²) < 4.78 is 5.21. The van der Waals surface area contributed by atoms with Crippen LogP contribution in [0, 0.1) is 21.7 Å². The van der Waals surface area contributed by atoms with Crippen LogP contribution >= 0.6 is 0 Å². The molecule has 0 aromatic carbocycles. The quantitative estimate of drug-likeness (QED) is 0.512. The molecule has 0 aromatic rings. The van der Waals surface area contributed by atoms with Gasteiger partial charge in [-0.2, -0.15) is 0 Å². The number of aliphatic hydroxyl groups excluding tert-OH is 1. The molecule has 0 fully saturated rings. The Morgan fingerprint density at radius 3 is 1.89 bits per heavy atom. The Labute approximate surface area is 163 Å². The van der Waals surface area contributed by atoms with Crippen LogP contribution in [0.4, 0.5) is 0 Å². The van der Waals surface area contributed by atoms with E-state index in [2.05, 4.69) is 41.5 Å². The van der Waals surface area contributed by atoms with Crippen molar-refractivity contribution in [2.45, 2.75) is 75.2 Å². The van der Waals surface area contributed by atoms with E-state index in [9.17, 15) is 14.7 Å². The molecule has 0 aliphatic heterocycles. The second-order valence-electron chi connectivity index (χ2n) is 10.6. The fourth-order valence-corrected chi connectivity index (χ4v) is 4.36. The zero-order chi connectivity index (χ0) is 21.4. The van der Waals surface area contributed by atoms with Crippen LogP contribution in [0.25, 0.3) is 0 Å². The van der Waals surface area contributed by atoms with Gasteiger partial charge in [-0.25, -0.2) is 0 Å². The first kappa shape index (κ1) is 23.3. The number of ether oxygens (including phenoxy) is 1. The summed E-state index contributed by atoms with van der Waals surface area (Å²) in [6, 6.07) is 0. The molecule has 154 valence electrons. The van der Waals surface area contributed by atoms with Gasteiger partial charge in [0.1, 0.15) is 18.8 Å². The van der Waals surface area contributed by atoms with Gasteiger partial charge in [0.25, 0.3) is 0 Å². The highest BCUT2D eigenvalue weighted by Crippen LogP contribution is 2.62. The molecular formula is C22H36O5. The minimum absolute atomic E-state index is 0.0346. The molecule has 0 aromatic heterocycles. The standard InChI is InChI=1S/C22H36O5/c1-19(2,3)15-10-14(13-27-17(25)11-16(23)24)12-22(18(15)26,20(4,5)6)21(7,8)9/h10,26H,11-13H2,1-9H3,(H,23,24). The molecule has 5 heteroatoms. The predicted molar refractivity (Wildman–Crippen MR) is 106 cm³/mol. The molecule has 1 aliphatic rings. The first-order valence-electron chi connectivity index (χ1n) is 9.44. The van der Waals surface area contributed by atoms with Crippen molar-refractivity contribution in [1.82, 2.24) is 0 Å². The molecule has 0 saturated carbocycles. The number of esters is 1. The highest BCUT2D eigenvalue weighted by atomic mass is 16.5. The molecule has 0 bridgehead atoms. The summed E-state index contributed by atoms with van der Waals surface area (Å²) in [4.78, 5) is 22.4. The average molecular weight is 381 g/mol. The first-order valence-corrected chi connectivity index (χ1v) is 9.44. The van der Waals surface area contributed by atoms with Crippen LogP contribution in [0.1, 0.15) is 75.2 Å². The Hall–Kier alpha value is -1.78. The molecular weight excluding hydrogens is 344 g/mol. The van der Waals surface area contributed by atoms with Crippen molar-refractivity contribution in [3.8, 4) is 0 Å². The molecule has 0 saturated heterocycles. The number of allylic oxidation sites excluding steroid dienone is 3. The van der Waals surface area contributed by atoms with Gasteiger partial charge in [0.15, 0.2) is 0 Å². The third-order valence-corrected chi connectivity index (χ3v) is 5.58. The number of rotatable bonds is 4. The lowest BCUT2D eigenvalue weighted by Crippen LogP contribution is -2.50. The molecule has 5 nitrogen and oxygen atoms in total. The lowest BCUT2D eigenvalue weighted by molar-refractivity contribution is -0.150. The van der Waals surface area contributed by atoms with Gasteiger partial charge in [-0.15, -0.1) is 0 Å². The second kappa shape index (κ2) is 7.33. The van der Waals surface area contributed by atoms with Crippen LogP contribution in [-0.2, 0) is 14.3 Å². The number of carboxylic acids is 1. The Morgan fingerprint density at radius 2 is 1.52 bits per heavy atom. The predicted octanol–water partition coefficient (Wildman–Crippen LogP) is 5.27. The largest absolute Gasteiger partial charge is 0.511 e. The molecule has 0 unspecified atom stereocenters. The SMILES string of the molecule is CC(C)(C)C1=C(O)C(C(C)(C)C)(C(C)(C)C)CC(COC(=O)CC(=O)O)=C1. The number of aliphatic hydroxyl groups is 1. The zero-order valence-electron chi connectivity index (χ0n) is 18.3. The van der Waals surface area contributed by atoms with Gasteiger partial charge in [0, 0.05) is 5.41 Å². The van der Waals surface area contributed by atoms with E-state index >= 15 is 0 Å². The van der Waals surface area contributed by atoms with Crippen molar-refractivity contribution in [1.29, 1.82) is 0 Å². The molecule has 1 rings (SSSR count). The summed E-state index contributed by atoms with van der Waals surface area (Å²) in [7, 11) is 0. The Morgan fingerprint density at radius 1 is 1.04 bits per heavy atom. The van der Waals surface area contributed by atoms with Crippen LogP contribution in [0.2, 0.25) is 0 Å². The average Bonchev–Trinajstić information content (AvgIpc) is 2.41. The van der Waals surface area contributed by atoms with Crippen molar-refractivity contribution in [3.63, 3.8) is 0 Å². The van der Waals surface area contributed by atoms with E-state index in [1.807, 2.05) is 26.8 Å². The number of hydrogen-bond donors (Lipinski definition) is 2. The number of hydrogen-bond acceptors (Lipinski definition) is 4. The number of carbonyl (C=O) groups excluding carboxylic acids is 1. The van der Waals surface area contributed by atoms with E-state index in [-0.39, 0.29) is 22.9 Å². The van der Waals surface area contributed by atoms with Gasteiger partial charge < -0.3 is 14.9 Å². The molecule has 1 aliphatic carbocycles. The smallest absolute Gasteiger partial charge is 0.317 e. The highest BCUT2D eigenvalue weighted by molar-refractivity contribution is 5.90. The van der Waals surface area contributed by atoms with Crippen molar-refractivity contribution in [2.75, 3.05) is 6.61 Å². The molecule has 0 spiro atoms. The van der Waals surface area contributed by atoms with Gasteiger partial charge >= 0.3 is 11.9 Å². The van der Waals surface area contributed by atoms with Crippen molar-refractivity contribution in [3.05, 3.63) is 23.0 Å². The van der Waals surface area contributed by atoms with Crippen molar-refractivity contribution >= 4 is 11.9 Å². The van der Waals surface area contributed by atoms with Crippen LogP contribution in [0.3, 0.4) is 0 Å². The lowest BCUT2D eigenvalue weighted by Gasteiger charge is -2.56. The molecule has 0 atom stereocenters. The molecule has 0 amide bonds. The summed E-state index contributed by atoms with van der Waals surface area (Å²) in [6.07, 6.45) is 1.81. The minimum Gasteiger partial charge on any atom is -0.511 e. The molecule has 2 N–H and O–H groups in total. The van der Waals surface area contributed by atoms with E-state index in [1.54, 1.807) is 0 Å². The summed E-state index contributed by atoms with van der Waals surface area (Å²) in [6.45, 7) is 18.9. The van der Waals surface area contributed by atoms with Gasteiger partial charge in [-0.1, -0.05) is 68.4 Å². The first-order chi connectivity index (χ1) is 11.9. The van der Waals surface area contributed by atoms with Crippen LogP contribution in [0.5, 0.6) is 0 Å². The van der Waals surface area contributed by atoms with Gasteiger partial charge in [0.2, 0.25) is 0 Å². The normalized spacial score (nSPS) is 18.2. The summed E-state index contributed by atoms with van der Waals surface area (Å²) in [5.74, 6) is -1.56. The van der Waals surface area contributed by atoms with E-state index in [0.717, 1.165) is 11.1 Å². The second-order valence-corrected chi connectivity index (χ2v) is 10.6. The Kier molecular flexibility index (Phi) is 6.31. The van der Waals surface area contributed by atoms with Crippen molar-refractivity contribution < 1.29 is 24.5 Å². The summed E-state index contributed by atoms with van der Waals surface area (Å²) >= 11 is 0. The minimum atomic E-state index is -1.20.